The quantitative estimate of drug-likeness (QED) is 0.843. The SMILES string of the molecule is O=C1CNC(Cc2ccc(Br)cc2)CN1. The Balaban J connectivity index is 1.91. The largest absolute Gasteiger partial charge is 0.353 e. The molecule has 4 heteroatoms. The molecule has 1 saturated heterocycles. The second kappa shape index (κ2) is 4.77. The van der Waals surface area contributed by atoms with Gasteiger partial charge in [-0.1, -0.05) is 28.1 Å². The number of halogens is 1. The van der Waals surface area contributed by atoms with E-state index in [0.29, 0.717) is 12.6 Å². The molecule has 2 rings (SSSR count). The number of piperazine rings is 1. The zero-order chi connectivity index (χ0) is 10.7. The van der Waals surface area contributed by atoms with Gasteiger partial charge < -0.3 is 10.6 Å². The normalized spacial score (nSPS) is 21.1. The summed E-state index contributed by atoms with van der Waals surface area (Å²) in [6, 6.07) is 8.63. The lowest BCUT2D eigenvalue weighted by Crippen LogP contribution is -2.52. The summed E-state index contributed by atoms with van der Waals surface area (Å²) in [5.74, 6) is 0.0852. The molecule has 0 radical (unpaired) electrons. The molecule has 0 saturated carbocycles. The fraction of sp³-hybridized carbons (Fsp3) is 0.364. The molecule has 0 aliphatic carbocycles. The molecule has 3 nitrogen and oxygen atoms in total. The summed E-state index contributed by atoms with van der Waals surface area (Å²) >= 11 is 3.41. The average Bonchev–Trinajstić information content (AvgIpc) is 2.25. The summed E-state index contributed by atoms with van der Waals surface area (Å²) in [5.41, 5.74) is 1.28. The molecule has 1 unspecified atom stereocenters. The van der Waals surface area contributed by atoms with E-state index in [1.165, 1.54) is 5.56 Å². The summed E-state index contributed by atoms with van der Waals surface area (Å²) in [6.45, 7) is 1.15. The molecule has 1 fully saturated rings. The lowest BCUT2D eigenvalue weighted by molar-refractivity contribution is -0.121. The minimum Gasteiger partial charge on any atom is -0.353 e. The minimum atomic E-state index is 0.0852. The zero-order valence-electron chi connectivity index (χ0n) is 8.29. The zero-order valence-corrected chi connectivity index (χ0v) is 9.88. The number of rotatable bonds is 2. The van der Waals surface area contributed by atoms with Crippen molar-refractivity contribution < 1.29 is 4.79 Å². The van der Waals surface area contributed by atoms with Crippen molar-refractivity contribution in [2.45, 2.75) is 12.5 Å². The topological polar surface area (TPSA) is 41.1 Å². The molecule has 2 N–H and O–H groups in total. The smallest absolute Gasteiger partial charge is 0.234 e. The van der Waals surface area contributed by atoms with Gasteiger partial charge in [0.25, 0.3) is 0 Å². The number of carbonyl (C=O) groups excluding carboxylic acids is 1. The Hall–Kier alpha value is -0.870. The van der Waals surface area contributed by atoms with Gasteiger partial charge in [0.15, 0.2) is 0 Å². The van der Waals surface area contributed by atoms with Gasteiger partial charge in [0.05, 0.1) is 6.54 Å². The van der Waals surface area contributed by atoms with Crippen LogP contribution in [0.5, 0.6) is 0 Å². The Morgan fingerprint density at radius 2 is 2.07 bits per heavy atom. The molecule has 80 valence electrons. The van der Waals surface area contributed by atoms with Gasteiger partial charge in [0.2, 0.25) is 5.91 Å². The highest BCUT2D eigenvalue weighted by Gasteiger charge is 2.16. The molecule has 0 aromatic heterocycles. The Morgan fingerprint density at radius 3 is 2.67 bits per heavy atom. The molecule has 1 aliphatic heterocycles. The van der Waals surface area contributed by atoms with Crippen molar-refractivity contribution in [3.05, 3.63) is 34.3 Å². The Kier molecular flexibility index (Phi) is 3.38. The number of hydrogen-bond donors (Lipinski definition) is 2. The Bertz CT molecular complexity index is 340. The van der Waals surface area contributed by atoms with Crippen LogP contribution in [0.1, 0.15) is 5.56 Å². The van der Waals surface area contributed by atoms with E-state index in [0.717, 1.165) is 17.4 Å². The summed E-state index contributed by atoms with van der Waals surface area (Å²) in [7, 11) is 0. The first-order chi connectivity index (χ1) is 7.24. The Labute approximate surface area is 97.4 Å². The first-order valence-electron chi connectivity index (χ1n) is 4.98. The van der Waals surface area contributed by atoms with Gasteiger partial charge in [-0.3, -0.25) is 4.79 Å². The third-order valence-electron chi connectivity index (χ3n) is 2.49. The maximum atomic E-state index is 10.9. The highest BCUT2D eigenvalue weighted by molar-refractivity contribution is 9.10. The van der Waals surface area contributed by atoms with Crippen molar-refractivity contribution in [2.75, 3.05) is 13.1 Å². The van der Waals surface area contributed by atoms with Gasteiger partial charge in [-0.25, -0.2) is 0 Å². The number of carbonyl (C=O) groups is 1. The van der Waals surface area contributed by atoms with Crippen LogP contribution < -0.4 is 10.6 Å². The number of benzene rings is 1. The molecule has 0 spiro atoms. The van der Waals surface area contributed by atoms with Crippen molar-refractivity contribution in [1.82, 2.24) is 10.6 Å². The third kappa shape index (κ3) is 3.04. The average molecular weight is 269 g/mol. The number of hydrogen-bond acceptors (Lipinski definition) is 2. The summed E-state index contributed by atoms with van der Waals surface area (Å²) in [5, 5.41) is 6.06. The van der Waals surface area contributed by atoms with Crippen molar-refractivity contribution >= 4 is 21.8 Å². The molecule has 1 aromatic rings. The van der Waals surface area contributed by atoms with Gasteiger partial charge >= 0.3 is 0 Å². The molecule has 1 aromatic carbocycles. The number of nitrogens with one attached hydrogen (secondary N) is 2. The molecule has 1 heterocycles. The first-order valence-corrected chi connectivity index (χ1v) is 5.78. The van der Waals surface area contributed by atoms with E-state index in [1.807, 2.05) is 12.1 Å². The molecular formula is C11H13BrN2O. The van der Waals surface area contributed by atoms with Crippen LogP contribution in [-0.2, 0) is 11.2 Å². The Morgan fingerprint density at radius 1 is 1.33 bits per heavy atom. The van der Waals surface area contributed by atoms with Gasteiger partial charge in [-0.05, 0) is 24.1 Å². The van der Waals surface area contributed by atoms with Crippen LogP contribution in [0.4, 0.5) is 0 Å². The monoisotopic (exact) mass is 268 g/mol. The van der Waals surface area contributed by atoms with Crippen molar-refractivity contribution in [1.29, 1.82) is 0 Å². The van der Waals surface area contributed by atoms with Gasteiger partial charge in [-0.2, -0.15) is 0 Å². The predicted octanol–water partition coefficient (Wildman–Crippen LogP) is 1.08. The fourth-order valence-corrected chi connectivity index (χ4v) is 1.92. The first kappa shape index (κ1) is 10.6. The maximum Gasteiger partial charge on any atom is 0.234 e. The van der Waals surface area contributed by atoms with Gasteiger partial charge in [0, 0.05) is 17.1 Å². The minimum absolute atomic E-state index is 0.0852. The highest BCUT2D eigenvalue weighted by Crippen LogP contribution is 2.12. The van der Waals surface area contributed by atoms with E-state index in [4.69, 9.17) is 0 Å². The molecule has 1 aliphatic rings. The molecule has 15 heavy (non-hydrogen) atoms. The van der Waals surface area contributed by atoms with E-state index in [2.05, 4.69) is 38.7 Å². The van der Waals surface area contributed by atoms with Crippen molar-refractivity contribution in [2.24, 2.45) is 0 Å². The van der Waals surface area contributed by atoms with E-state index in [-0.39, 0.29) is 5.91 Å². The number of amides is 1. The third-order valence-corrected chi connectivity index (χ3v) is 3.02. The van der Waals surface area contributed by atoms with E-state index in [1.54, 1.807) is 0 Å². The summed E-state index contributed by atoms with van der Waals surface area (Å²) in [4.78, 5) is 10.9. The van der Waals surface area contributed by atoms with Crippen LogP contribution in [0.2, 0.25) is 0 Å². The summed E-state index contributed by atoms with van der Waals surface area (Å²) in [6.07, 6.45) is 0.952. The van der Waals surface area contributed by atoms with Crippen molar-refractivity contribution in [3.63, 3.8) is 0 Å². The van der Waals surface area contributed by atoms with Crippen LogP contribution in [0.25, 0.3) is 0 Å². The molecule has 0 bridgehead atoms. The maximum absolute atomic E-state index is 10.9. The van der Waals surface area contributed by atoms with Crippen LogP contribution in [0.15, 0.2) is 28.7 Å². The molecule has 1 atom stereocenters. The fourth-order valence-electron chi connectivity index (χ4n) is 1.66. The highest BCUT2D eigenvalue weighted by atomic mass is 79.9. The second-order valence-corrected chi connectivity index (χ2v) is 4.63. The van der Waals surface area contributed by atoms with Crippen molar-refractivity contribution in [3.8, 4) is 0 Å². The van der Waals surface area contributed by atoms with Crippen LogP contribution in [-0.4, -0.2) is 25.0 Å². The predicted molar refractivity (Wildman–Crippen MR) is 62.6 cm³/mol. The van der Waals surface area contributed by atoms with E-state index < -0.39 is 0 Å². The van der Waals surface area contributed by atoms with Gasteiger partial charge in [-0.15, -0.1) is 0 Å². The summed E-state index contributed by atoms with van der Waals surface area (Å²) < 4.78 is 1.09. The van der Waals surface area contributed by atoms with E-state index in [9.17, 15) is 4.79 Å². The lowest BCUT2D eigenvalue weighted by atomic mass is 10.0. The second-order valence-electron chi connectivity index (χ2n) is 3.71. The van der Waals surface area contributed by atoms with Crippen LogP contribution in [0.3, 0.4) is 0 Å². The van der Waals surface area contributed by atoms with Crippen LogP contribution in [0, 0.1) is 0 Å². The van der Waals surface area contributed by atoms with Gasteiger partial charge in [0.1, 0.15) is 0 Å². The van der Waals surface area contributed by atoms with Crippen LogP contribution >= 0.6 is 15.9 Å². The molecular weight excluding hydrogens is 256 g/mol. The van der Waals surface area contributed by atoms with E-state index >= 15 is 0 Å². The lowest BCUT2D eigenvalue weighted by Gasteiger charge is -2.24. The molecule has 1 amide bonds. The standard InChI is InChI=1S/C11H13BrN2O/c12-9-3-1-8(2-4-9)5-10-6-14-11(15)7-13-10/h1-4,10,13H,5-7H2,(H,14,15).